The smallest absolute Gasteiger partial charge is 0.227 e. The Morgan fingerprint density at radius 1 is 1.15 bits per heavy atom. The van der Waals surface area contributed by atoms with Crippen molar-refractivity contribution in [3.63, 3.8) is 0 Å². The number of carbonyl (C=O) groups excluding carboxylic acids is 2. The number of benzene rings is 2. The van der Waals surface area contributed by atoms with E-state index in [4.69, 9.17) is 4.74 Å². The summed E-state index contributed by atoms with van der Waals surface area (Å²) in [4.78, 5) is 26.4. The largest absolute Gasteiger partial charge is 0.493 e. The van der Waals surface area contributed by atoms with Crippen LogP contribution in [0.3, 0.4) is 0 Å². The summed E-state index contributed by atoms with van der Waals surface area (Å²) in [6, 6.07) is 13.6. The van der Waals surface area contributed by atoms with Crippen LogP contribution in [0.4, 0.5) is 10.1 Å². The first-order valence-corrected chi connectivity index (χ1v) is 8.70. The molecule has 6 heteroatoms. The summed E-state index contributed by atoms with van der Waals surface area (Å²) in [5.74, 6) is -0.585. The van der Waals surface area contributed by atoms with Crippen LogP contribution in [0.1, 0.15) is 24.4 Å². The predicted molar refractivity (Wildman–Crippen MR) is 94.3 cm³/mol. The van der Waals surface area contributed by atoms with Gasteiger partial charge in [0.25, 0.3) is 0 Å². The van der Waals surface area contributed by atoms with Crippen molar-refractivity contribution in [2.75, 3.05) is 18.1 Å². The van der Waals surface area contributed by atoms with Crippen molar-refractivity contribution >= 4 is 17.5 Å². The van der Waals surface area contributed by atoms with E-state index in [0.29, 0.717) is 13.0 Å². The predicted octanol–water partition coefficient (Wildman–Crippen LogP) is 2.82. The van der Waals surface area contributed by atoms with Gasteiger partial charge in [-0.2, -0.15) is 0 Å². The monoisotopic (exact) mass is 354 g/mol. The first kappa shape index (κ1) is 16.6. The highest BCUT2D eigenvalue weighted by atomic mass is 19.1. The van der Waals surface area contributed by atoms with Gasteiger partial charge in [-0.25, -0.2) is 4.39 Å². The van der Waals surface area contributed by atoms with Gasteiger partial charge < -0.3 is 15.0 Å². The number of para-hydroxylation sites is 2. The molecule has 2 aliphatic rings. The molecule has 1 fully saturated rings. The van der Waals surface area contributed by atoms with Crippen LogP contribution in [0.5, 0.6) is 5.75 Å². The van der Waals surface area contributed by atoms with Crippen molar-refractivity contribution < 1.29 is 18.7 Å². The summed E-state index contributed by atoms with van der Waals surface area (Å²) in [5, 5.41) is 3.03. The Kier molecular flexibility index (Phi) is 4.32. The normalized spacial score (nSPS) is 21.9. The molecule has 1 saturated heterocycles. The fourth-order valence-electron chi connectivity index (χ4n) is 3.57. The summed E-state index contributed by atoms with van der Waals surface area (Å²) in [6.45, 7) is 0.726. The van der Waals surface area contributed by atoms with Crippen LogP contribution < -0.4 is 15.0 Å². The number of anilines is 1. The highest BCUT2D eigenvalue weighted by Crippen LogP contribution is 2.33. The van der Waals surface area contributed by atoms with Crippen molar-refractivity contribution in [2.45, 2.75) is 18.9 Å². The maximum Gasteiger partial charge on any atom is 0.227 e. The lowest BCUT2D eigenvalue weighted by Crippen LogP contribution is -2.37. The minimum Gasteiger partial charge on any atom is -0.493 e. The number of rotatable bonds is 3. The molecule has 4 rings (SSSR count). The Morgan fingerprint density at radius 2 is 1.92 bits per heavy atom. The van der Waals surface area contributed by atoms with Crippen molar-refractivity contribution in [3.05, 3.63) is 59.9 Å². The third-order valence-corrected chi connectivity index (χ3v) is 4.91. The highest BCUT2D eigenvalue weighted by molar-refractivity contribution is 6.00. The van der Waals surface area contributed by atoms with Crippen LogP contribution in [0, 0.1) is 11.7 Å². The lowest BCUT2D eigenvalue weighted by Gasteiger charge is -2.27. The maximum absolute atomic E-state index is 14.0. The fourth-order valence-corrected chi connectivity index (χ4v) is 3.57. The average molecular weight is 354 g/mol. The second-order valence-electron chi connectivity index (χ2n) is 6.59. The number of fused-ring (bicyclic) bond motifs is 1. The van der Waals surface area contributed by atoms with Gasteiger partial charge in [-0.15, -0.1) is 0 Å². The zero-order valence-electron chi connectivity index (χ0n) is 14.2. The van der Waals surface area contributed by atoms with Gasteiger partial charge in [-0.1, -0.05) is 30.3 Å². The van der Waals surface area contributed by atoms with Gasteiger partial charge in [0.1, 0.15) is 11.6 Å². The Morgan fingerprint density at radius 3 is 2.77 bits per heavy atom. The molecule has 2 aromatic rings. The molecule has 0 saturated carbocycles. The van der Waals surface area contributed by atoms with E-state index in [0.717, 1.165) is 11.3 Å². The van der Waals surface area contributed by atoms with E-state index in [2.05, 4.69) is 5.32 Å². The molecule has 0 unspecified atom stereocenters. The zero-order chi connectivity index (χ0) is 18.1. The third kappa shape index (κ3) is 3.03. The number of hydrogen-bond acceptors (Lipinski definition) is 3. The standard InChI is InChI=1S/C20H19FN2O3/c21-15-6-2-3-7-17(15)23-12-13(11-19(23)24)20(25)22-16-9-10-26-18-8-4-1-5-14(16)18/h1-8,13,16H,9-12H2,(H,22,25)/t13-,16+/m1/s1. The Labute approximate surface area is 150 Å². The first-order chi connectivity index (χ1) is 12.6. The molecule has 0 aromatic heterocycles. The number of carbonyl (C=O) groups is 2. The van der Waals surface area contributed by atoms with Gasteiger partial charge in [-0.05, 0) is 18.2 Å². The molecule has 2 aromatic carbocycles. The highest BCUT2D eigenvalue weighted by Gasteiger charge is 2.37. The summed E-state index contributed by atoms with van der Waals surface area (Å²) < 4.78 is 19.6. The number of amides is 2. The van der Waals surface area contributed by atoms with Crippen molar-refractivity contribution in [1.29, 1.82) is 0 Å². The third-order valence-electron chi connectivity index (χ3n) is 4.91. The molecular formula is C20H19FN2O3. The number of ether oxygens (including phenoxy) is 1. The molecule has 0 radical (unpaired) electrons. The number of nitrogens with zero attached hydrogens (tertiary/aromatic N) is 1. The lowest BCUT2D eigenvalue weighted by molar-refractivity contribution is -0.127. The molecular weight excluding hydrogens is 335 g/mol. The topological polar surface area (TPSA) is 58.6 Å². The lowest BCUT2D eigenvalue weighted by atomic mass is 9.99. The summed E-state index contributed by atoms with van der Waals surface area (Å²) in [7, 11) is 0. The number of nitrogens with one attached hydrogen (secondary N) is 1. The summed E-state index contributed by atoms with van der Waals surface area (Å²) >= 11 is 0. The molecule has 0 spiro atoms. The second kappa shape index (κ2) is 6.78. The van der Waals surface area contributed by atoms with Gasteiger partial charge in [0.2, 0.25) is 11.8 Å². The van der Waals surface area contributed by atoms with E-state index in [9.17, 15) is 14.0 Å². The van der Waals surface area contributed by atoms with E-state index < -0.39 is 11.7 Å². The minimum absolute atomic E-state index is 0.0883. The fraction of sp³-hybridized carbons (Fsp3) is 0.300. The number of halogens is 1. The SMILES string of the molecule is O=C(N[C@H]1CCOc2ccccc21)[C@@H]1CC(=O)N(c2ccccc2F)C1. The summed E-state index contributed by atoms with van der Waals surface area (Å²) in [6.07, 6.45) is 0.769. The van der Waals surface area contributed by atoms with E-state index in [-0.39, 0.29) is 36.5 Å². The second-order valence-corrected chi connectivity index (χ2v) is 6.59. The van der Waals surface area contributed by atoms with E-state index in [1.165, 1.54) is 11.0 Å². The molecule has 1 N–H and O–H groups in total. The van der Waals surface area contributed by atoms with Gasteiger partial charge in [-0.3, -0.25) is 9.59 Å². The van der Waals surface area contributed by atoms with Crippen molar-refractivity contribution in [2.24, 2.45) is 5.92 Å². The van der Waals surface area contributed by atoms with Gasteiger partial charge >= 0.3 is 0 Å². The molecule has 2 amide bonds. The van der Waals surface area contributed by atoms with Crippen LogP contribution in [-0.2, 0) is 9.59 Å². The van der Waals surface area contributed by atoms with Crippen LogP contribution >= 0.6 is 0 Å². The molecule has 2 aliphatic heterocycles. The molecule has 0 aliphatic carbocycles. The van der Waals surface area contributed by atoms with Gasteiger partial charge in [0.15, 0.2) is 0 Å². The molecule has 2 heterocycles. The van der Waals surface area contributed by atoms with E-state index in [1.807, 2.05) is 24.3 Å². The Bertz CT molecular complexity index is 854. The minimum atomic E-state index is -0.489. The average Bonchev–Trinajstić information content (AvgIpc) is 3.04. The van der Waals surface area contributed by atoms with Gasteiger partial charge in [0.05, 0.1) is 24.3 Å². The molecule has 26 heavy (non-hydrogen) atoms. The van der Waals surface area contributed by atoms with E-state index >= 15 is 0 Å². The van der Waals surface area contributed by atoms with Gasteiger partial charge in [0, 0.05) is 24.9 Å². The van der Waals surface area contributed by atoms with Crippen molar-refractivity contribution in [3.8, 4) is 5.75 Å². The quantitative estimate of drug-likeness (QED) is 0.922. The van der Waals surface area contributed by atoms with Crippen LogP contribution in [-0.4, -0.2) is 25.0 Å². The molecule has 5 nitrogen and oxygen atoms in total. The number of hydrogen-bond donors (Lipinski definition) is 1. The molecule has 134 valence electrons. The van der Waals surface area contributed by atoms with Crippen molar-refractivity contribution in [1.82, 2.24) is 5.32 Å². The molecule has 2 atom stereocenters. The summed E-state index contributed by atoms with van der Waals surface area (Å²) in [5.41, 5.74) is 1.17. The van der Waals surface area contributed by atoms with Crippen LogP contribution in [0.25, 0.3) is 0 Å². The first-order valence-electron chi connectivity index (χ1n) is 8.70. The zero-order valence-corrected chi connectivity index (χ0v) is 14.2. The van der Waals surface area contributed by atoms with E-state index in [1.54, 1.807) is 18.2 Å². The Balaban J connectivity index is 1.47. The molecule has 0 bridgehead atoms. The van der Waals surface area contributed by atoms with Crippen LogP contribution in [0.15, 0.2) is 48.5 Å². The Hall–Kier alpha value is -2.89. The maximum atomic E-state index is 14.0. The van der Waals surface area contributed by atoms with Crippen LogP contribution in [0.2, 0.25) is 0 Å².